The zero-order chi connectivity index (χ0) is 14.2. The summed E-state index contributed by atoms with van der Waals surface area (Å²) in [6.45, 7) is 1.51. The molecule has 5 heteroatoms. The molecule has 2 N–H and O–H groups in total. The first-order valence-corrected chi connectivity index (χ1v) is 8.21. The molecule has 0 aliphatic heterocycles. The predicted octanol–water partition coefficient (Wildman–Crippen LogP) is 2.33. The molecule has 1 aliphatic carbocycles. The van der Waals surface area contributed by atoms with Crippen LogP contribution in [0.1, 0.15) is 36.6 Å². The van der Waals surface area contributed by atoms with Gasteiger partial charge in [-0.2, -0.15) is 0 Å². The van der Waals surface area contributed by atoms with E-state index in [1.807, 2.05) is 0 Å². The lowest BCUT2D eigenvalue weighted by molar-refractivity contribution is -0.120. The van der Waals surface area contributed by atoms with E-state index in [-0.39, 0.29) is 5.91 Å². The minimum absolute atomic E-state index is 0.0432. The maximum atomic E-state index is 11.8. The van der Waals surface area contributed by atoms with Crippen LogP contribution in [-0.2, 0) is 9.53 Å². The van der Waals surface area contributed by atoms with Crippen LogP contribution >= 0.6 is 11.3 Å². The molecule has 1 aromatic heterocycles. The molecule has 1 heterocycles. The Kier molecular flexibility index (Phi) is 6.50. The normalized spacial score (nSPS) is 17.2. The first kappa shape index (κ1) is 15.5. The lowest BCUT2D eigenvalue weighted by Crippen LogP contribution is -2.38. The van der Waals surface area contributed by atoms with Crippen molar-refractivity contribution in [1.82, 2.24) is 10.6 Å². The van der Waals surface area contributed by atoms with Gasteiger partial charge in [0.2, 0.25) is 5.91 Å². The summed E-state index contributed by atoms with van der Waals surface area (Å²) in [4.78, 5) is 13.1. The maximum Gasteiger partial charge on any atom is 0.234 e. The van der Waals surface area contributed by atoms with Crippen molar-refractivity contribution < 1.29 is 9.53 Å². The van der Waals surface area contributed by atoms with Crippen LogP contribution in [0, 0.1) is 5.92 Å². The molecule has 112 valence electrons. The SMILES string of the molecule is COCCNC(=O)CNC(c1cccs1)C1CCCC1. The standard InChI is InChI=1S/C15H24N2O2S/c1-19-9-8-16-14(18)11-17-15(12-5-2-3-6-12)13-7-4-10-20-13/h4,7,10,12,15,17H,2-3,5-6,8-9,11H2,1H3,(H,16,18). The fraction of sp³-hybridized carbons (Fsp3) is 0.667. The van der Waals surface area contributed by atoms with Crippen molar-refractivity contribution >= 4 is 17.2 Å². The van der Waals surface area contributed by atoms with E-state index in [9.17, 15) is 4.79 Å². The molecule has 2 rings (SSSR count). The number of nitrogens with one attached hydrogen (secondary N) is 2. The molecule has 1 atom stereocenters. The van der Waals surface area contributed by atoms with Crippen LogP contribution in [0.25, 0.3) is 0 Å². The molecule has 4 nitrogen and oxygen atoms in total. The average Bonchev–Trinajstić information content (AvgIpc) is 3.12. The highest BCUT2D eigenvalue weighted by atomic mass is 32.1. The van der Waals surface area contributed by atoms with E-state index in [4.69, 9.17) is 4.74 Å². The molecular formula is C15H24N2O2S. The Labute approximate surface area is 124 Å². The van der Waals surface area contributed by atoms with Gasteiger partial charge in [-0.3, -0.25) is 4.79 Å². The third-order valence-corrected chi connectivity index (χ3v) is 4.79. The molecule has 0 saturated heterocycles. The van der Waals surface area contributed by atoms with Gasteiger partial charge in [-0.15, -0.1) is 11.3 Å². The number of hydrogen-bond acceptors (Lipinski definition) is 4. The minimum Gasteiger partial charge on any atom is -0.383 e. The lowest BCUT2D eigenvalue weighted by atomic mass is 9.96. The smallest absolute Gasteiger partial charge is 0.234 e. The molecule has 1 amide bonds. The van der Waals surface area contributed by atoms with Gasteiger partial charge in [0, 0.05) is 24.6 Å². The minimum atomic E-state index is 0.0432. The molecule has 0 aromatic carbocycles. The summed E-state index contributed by atoms with van der Waals surface area (Å²) in [5, 5.41) is 8.41. The highest BCUT2D eigenvalue weighted by Crippen LogP contribution is 2.37. The lowest BCUT2D eigenvalue weighted by Gasteiger charge is -2.23. The zero-order valence-corrected chi connectivity index (χ0v) is 12.9. The Morgan fingerprint density at radius 2 is 2.30 bits per heavy atom. The highest BCUT2D eigenvalue weighted by molar-refractivity contribution is 7.10. The number of ether oxygens (including phenoxy) is 1. The van der Waals surface area contributed by atoms with Gasteiger partial charge in [0.25, 0.3) is 0 Å². The topological polar surface area (TPSA) is 50.4 Å². The zero-order valence-electron chi connectivity index (χ0n) is 12.1. The van der Waals surface area contributed by atoms with Gasteiger partial charge in [0.1, 0.15) is 0 Å². The number of carbonyl (C=O) groups excluding carboxylic acids is 1. The van der Waals surface area contributed by atoms with Crippen molar-refractivity contribution in [3.8, 4) is 0 Å². The maximum absolute atomic E-state index is 11.8. The Balaban J connectivity index is 1.83. The molecule has 1 unspecified atom stereocenters. The number of hydrogen-bond donors (Lipinski definition) is 2. The second-order valence-electron chi connectivity index (χ2n) is 5.26. The summed E-state index contributed by atoms with van der Waals surface area (Å²) in [6, 6.07) is 4.58. The van der Waals surface area contributed by atoms with Crippen LogP contribution in [0.4, 0.5) is 0 Å². The number of rotatable bonds is 8. The van der Waals surface area contributed by atoms with E-state index >= 15 is 0 Å². The van der Waals surface area contributed by atoms with E-state index < -0.39 is 0 Å². The molecule has 1 aliphatic rings. The molecule has 0 spiro atoms. The van der Waals surface area contributed by atoms with Crippen LogP contribution in [-0.4, -0.2) is 32.7 Å². The second kappa shape index (κ2) is 8.39. The van der Waals surface area contributed by atoms with Gasteiger partial charge in [-0.1, -0.05) is 18.9 Å². The van der Waals surface area contributed by atoms with Gasteiger partial charge in [-0.25, -0.2) is 0 Å². The van der Waals surface area contributed by atoms with Crippen molar-refractivity contribution in [2.45, 2.75) is 31.7 Å². The summed E-state index contributed by atoms with van der Waals surface area (Å²) in [5.74, 6) is 0.710. The van der Waals surface area contributed by atoms with Crippen LogP contribution in [0.15, 0.2) is 17.5 Å². The molecule has 1 saturated carbocycles. The van der Waals surface area contributed by atoms with Gasteiger partial charge in [0.15, 0.2) is 0 Å². The van der Waals surface area contributed by atoms with Crippen molar-refractivity contribution in [1.29, 1.82) is 0 Å². The fourth-order valence-electron chi connectivity index (χ4n) is 2.82. The molecule has 20 heavy (non-hydrogen) atoms. The first-order chi connectivity index (χ1) is 9.81. The monoisotopic (exact) mass is 296 g/mol. The number of amides is 1. The third-order valence-electron chi connectivity index (χ3n) is 3.83. The van der Waals surface area contributed by atoms with Gasteiger partial charge >= 0.3 is 0 Å². The molecule has 0 bridgehead atoms. The van der Waals surface area contributed by atoms with E-state index in [1.54, 1.807) is 18.4 Å². The van der Waals surface area contributed by atoms with E-state index in [0.29, 0.717) is 31.7 Å². The van der Waals surface area contributed by atoms with E-state index in [0.717, 1.165) is 0 Å². The van der Waals surface area contributed by atoms with Gasteiger partial charge in [-0.05, 0) is 30.2 Å². The van der Waals surface area contributed by atoms with Gasteiger partial charge in [0.05, 0.1) is 13.2 Å². The molecule has 1 fully saturated rings. The Morgan fingerprint density at radius 1 is 1.50 bits per heavy atom. The highest BCUT2D eigenvalue weighted by Gasteiger charge is 2.27. The van der Waals surface area contributed by atoms with Crippen LogP contribution in [0.5, 0.6) is 0 Å². The third kappa shape index (κ3) is 4.58. The van der Waals surface area contributed by atoms with Crippen LogP contribution in [0.3, 0.4) is 0 Å². The van der Waals surface area contributed by atoms with Crippen molar-refractivity contribution in [3.63, 3.8) is 0 Å². The summed E-state index contributed by atoms with van der Waals surface area (Å²) < 4.78 is 4.92. The van der Waals surface area contributed by atoms with Crippen molar-refractivity contribution in [2.75, 3.05) is 26.8 Å². The van der Waals surface area contributed by atoms with Crippen molar-refractivity contribution in [3.05, 3.63) is 22.4 Å². The fourth-order valence-corrected chi connectivity index (χ4v) is 3.71. The predicted molar refractivity (Wildman–Crippen MR) is 81.9 cm³/mol. The van der Waals surface area contributed by atoms with Crippen LogP contribution < -0.4 is 10.6 Å². The first-order valence-electron chi connectivity index (χ1n) is 7.33. The van der Waals surface area contributed by atoms with Crippen molar-refractivity contribution in [2.24, 2.45) is 5.92 Å². The Bertz CT molecular complexity index is 389. The van der Waals surface area contributed by atoms with Crippen LogP contribution in [0.2, 0.25) is 0 Å². The summed E-state index contributed by atoms with van der Waals surface area (Å²) in [6.07, 6.45) is 5.16. The Hall–Kier alpha value is -0.910. The molecule has 1 aromatic rings. The summed E-state index contributed by atoms with van der Waals surface area (Å²) in [7, 11) is 1.64. The largest absolute Gasteiger partial charge is 0.383 e. The number of methoxy groups -OCH3 is 1. The quantitative estimate of drug-likeness (QED) is 0.724. The summed E-state index contributed by atoms with van der Waals surface area (Å²) >= 11 is 1.78. The van der Waals surface area contributed by atoms with Gasteiger partial charge < -0.3 is 15.4 Å². The molecular weight excluding hydrogens is 272 g/mol. The second-order valence-corrected chi connectivity index (χ2v) is 6.24. The number of thiophene rings is 1. The Morgan fingerprint density at radius 3 is 2.95 bits per heavy atom. The van der Waals surface area contributed by atoms with E-state index in [1.165, 1.54) is 30.6 Å². The summed E-state index contributed by atoms with van der Waals surface area (Å²) in [5.41, 5.74) is 0. The number of carbonyl (C=O) groups is 1. The molecule has 0 radical (unpaired) electrons. The average molecular weight is 296 g/mol. The van der Waals surface area contributed by atoms with E-state index in [2.05, 4.69) is 28.1 Å².